The minimum Gasteiger partial charge on any atom is -0.354 e. The maximum Gasteiger partial charge on any atom is 0.318 e. The average molecular weight is 281 g/mol. The summed E-state index contributed by atoms with van der Waals surface area (Å²) in [7, 11) is 0. The fourth-order valence-corrected chi connectivity index (χ4v) is 1.13. The van der Waals surface area contributed by atoms with E-state index in [1.54, 1.807) is 0 Å². The van der Waals surface area contributed by atoms with Crippen molar-refractivity contribution in [2.24, 2.45) is 17.4 Å². The van der Waals surface area contributed by atoms with E-state index >= 15 is 0 Å². The molecule has 2 atom stereocenters. The molecule has 0 aromatic heterocycles. The number of hydrogen-bond acceptors (Lipinski definition) is 4. The molecule has 0 rings (SSSR count). The highest BCUT2D eigenvalue weighted by Crippen LogP contribution is 2.04. The van der Waals surface area contributed by atoms with Crippen molar-refractivity contribution in [2.45, 2.75) is 32.7 Å². The first-order valence-corrected chi connectivity index (χ1v) is 5.51. The number of urea groups is 1. The van der Waals surface area contributed by atoms with Gasteiger partial charge in [0.2, 0.25) is 11.8 Å². The van der Waals surface area contributed by atoms with Gasteiger partial charge in [0.1, 0.15) is 0 Å². The lowest BCUT2D eigenvalue weighted by Gasteiger charge is -2.17. The number of imide groups is 1. The van der Waals surface area contributed by atoms with E-state index in [0.717, 1.165) is 6.42 Å². The molecular weight excluding hydrogens is 260 g/mol. The zero-order chi connectivity index (χ0) is 13.4. The van der Waals surface area contributed by atoms with Gasteiger partial charge in [-0.3, -0.25) is 14.9 Å². The van der Waals surface area contributed by atoms with Gasteiger partial charge in [-0.05, 0) is 5.92 Å². The standard InChI is InChI=1S/C10H20N4O3.ClH/c1-3-6(2)8(11)9(16)13-5-4-7(15)14-10(12)17;/h6,8H,3-5,11H2,1-2H3,(H,13,16)(H3,12,14,15,17);1H. The van der Waals surface area contributed by atoms with Crippen LogP contribution in [0.1, 0.15) is 26.7 Å². The van der Waals surface area contributed by atoms with Gasteiger partial charge in [0.15, 0.2) is 0 Å². The van der Waals surface area contributed by atoms with Gasteiger partial charge in [0.25, 0.3) is 0 Å². The molecule has 106 valence electrons. The summed E-state index contributed by atoms with van der Waals surface area (Å²) in [6, 6.07) is -1.49. The van der Waals surface area contributed by atoms with Crippen molar-refractivity contribution in [2.75, 3.05) is 6.54 Å². The lowest BCUT2D eigenvalue weighted by atomic mass is 9.99. The number of amides is 4. The summed E-state index contributed by atoms with van der Waals surface area (Å²) < 4.78 is 0. The van der Waals surface area contributed by atoms with E-state index in [1.165, 1.54) is 0 Å². The molecule has 0 bridgehead atoms. The predicted octanol–water partition coefficient (Wildman–Crippen LogP) is -0.517. The number of nitrogens with two attached hydrogens (primary N) is 2. The number of carbonyl (C=O) groups is 3. The quantitative estimate of drug-likeness (QED) is 0.522. The maximum atomic E-state index is 11.5. The van der Waals surface area contributed by atoms with Crippen LogP contribution in [0.3, 0.4) is 0 Å². The highest BCUT2D eigenvalue weighted by atomic mass is 35.5. The van der Waals surface area contributed by atoms with E-state index in [9.17, 15) is 14.4 Å². The number of nitrogens with one attached hydrogen (secondary N) is 2. The Labute approximate surface area is 112 Å². The van der Waals surface area contributed by atoms with E-state index in [0.29, 0.717) is 0 Å². The van der Waals surface area contributed by atoms with Crippen LogP contribution in [0.25, 0.3) is 0 Å². The van der Waals surface area contributed by atoms with Crippen molar-refractivity contribution in [3.63, 3.8) is 0 Å². The van der Waals surface area contributed by atoms with Crippen LogP contribution in [-0.4, -0.2) is 30.4 Å². The number of carbonyl (C=O) groups excluding carboxylic acids is 3. The Kier molecular flexibility index (Phi) is 10.2. The van der Waals surface area contributed by atoms with Crippen molar-refractivity contribution in [3.8, 4) is 0 Å². The lowest BCUT2D eigenvalue weighted by molar-refractivity contribution is -0.123. The normalized spacial score (nSPS) is 12.8. The smallest absolute Gasteiger partial charge is 0.318 e. The number of primary amides is 1. The molecule has 0 spiro atoms. The van der Waals surface area contributed by atoms with E-state index in [-0.39, 0.29) is 37.2 Å². The Morgan fingerprint density at radius 1 is 1.28 bits per heavy atom. The van der Waals surface area contributed by atoms with Gasteiger partial charge in [0.05, 0.1) is 6.04 Å². The van der Waals surface area contributed by atoms with Crippen LogP contribution in [-0.2, 0) is 9.59 Å². The van der Waals surface area contributed by atoms with Crippen LogP contribution in [0.2, 0.25) is 0 Å². The molecule has 8 heteroatoms. The summed E-state index contributed by atoms with van der Waals surface area (Å²) in [5, 5.41) is 4.42. The number of halogens is 1. The Balaban J connectivity index is 0. The molecule has 0 aromatic carbocycles. The molecule has 4 amide bonds. The highest BCUT2D eigenvalue weighted by molar-refractivity contribution is 5.93. The zero-order valence-electron chi connectivity index (χ0n) is 10.6. The Hall–Kier alpha value is -1.34. The molecule has 0 aromatic rings. The van der Waals surface area contributed by atoms with Crippen LogP contribution < -0.4 is 22.1 Å². The van der Waals surface area contributed by atoms with Gasteiger partial charge in [-0.15, -0.1) is 12.4 Å². The second-order valence-corrected chi connectivity index (χ2v) is 3.86. The first-order valence-electron chi connectivity index (χ1n) is 5.51. The fraction of sp³-hybridized carbons (Fsp3) is 0.700. The van der Waals surface area contributed by atoms with E-state index in [4.69, 9.17) is 11.5 Å². The van der Waals surface area contributed by atoms with E-state index in [1.807, 2.05) is 19.2 Å². The average Bonchev–Trinajstić information content (AvgIpc) is 2.25. The molecule has 18 heavy (non-hydrogen) atoms. The Morgan fingerprint density at radius 3 is 2.28 bits per heavy atom. The van der Waals surface area contributed by atoms with Gasteiger partial charge in [-0.2, -0.15) is 0 Å². The second-order valence-electron chi connectivity index (χ2n) is 3.86. The van der Waals surface area contributed by atoms with Crippen LogP contribution in [0.5, 0.6) is 0 Å². The molecule has 0 saturated carbocycles. The molecule has 6 N–H and O–H groups in total. The Morgan fingerprint density at radius 2 is 1.83 bits per heavy atom. The minimum absolute atomic E-state index is 0. The van der Waals surface area contributed by atoms with Crippen molar-refractivity contribution in [3.05, 3.63) is 0 Å². The summed E-state index contributed by atoms with van der Waals surface area (Å²) in [4.78, 5) is 32.8. The number of hydrogen-bond donors (Lipinski definition) is 4. The first-order chi connectivity index (χ1) is 7.88. The zero-order valence-corrected chi connectivity index (χ0v) is 11.4. The largest absolute Gasteiger partial charge is 0.354 e. The molecular formula is C10H21ClN4O3. The SMILES string of the molecule is CCC(C)C(N)C(=O)NCCC(=O)NC(N)=O.Cl. The molecule has 0 heterocycles. The minimum atomic E-state index is -0.905. The number of rotatable bonds is 6. The lowest BCUT2D eigenvalue weighted by Crippen LogP contribution is -2.45. The first kappa shape index (κ1) is 19.0. The highest BCUT2D eigenvalue weighted by Gasteiger charge is 2.18. The van der Waals surface area contributed by atoms with Crippen molar-refractivity contribution < 1.29 is 14.4 Å². The van der Waals surface area contributed by atoms with Crippen molar-refractivity contribution in [1.29, 1.82) is 0 Å². The molecule has 2 unspecified atom stereocenters. The molecule has 0 radical (unpaired) electrons. The molecule has 0 aliphatic rings. The van der Waals surface area contributed by atoms with Crippen LogP contribution in [0, 0.1) is 5.92 Å². The van der Waals surface area contributed by atoms with Gasteiger partial charge in [0, 0.05) is 13.0 Å². The van der Waals surface area contributed by atoms with Gasteiger partial charge in [-0.25, -0.2) is 4.79 Å². The predicted molar refractivity (Wildman–Crippen MR) is 70.0 cm³/mol. The molecule has 0 aliphatic carbocycles. The molecule has 0 aliphatic heterocycles. The van der Waals surface area contributed by atoms with Crippen molar-refractivity contribution in [1.82, 2.24) is 10.6 Å². The monoisotopic (exact) mass is 280 g/mol. The topological polar surface area (TPSA) is 127 Å². The summed E-state index contributed by atoms with van der Waals surface area (Å²) in [6.07, 6.45) is 0.790. The van der Waals surface area contributed by atoms with Crippen LogP contribution >= 0.6 is 12.4 Å². The summed E-state index contributed by atoms with van der Waals surface area (Å²) >= 11 is 0. The summed E-state index contributed by atoms with van der Waals surface area (Å²) in [5.74, 6) is -0.754. The summed E-state index contributed by atoms with van der Waals surface area (Å²) in [6.45, 7) is 3.95. The van der Waals surface area contributed by atoms with Crippen LogP contribution in [0.15, 0.2) is 0 Å². The third-order valence-corrected chi connectivity index (χ3v) is 2.47. The van der Waals surface area contributed by atoms with E-state index in [2.05, 4.69) is 5.32 Å². The third-order valence-electron chi connectivity index (χ3n) is 2.47. The molecule has 0 fully saturated rings. The van der Waals surface area contributed by atoms with Gasteiger partial charge >= 0.3 is 6.03 Å². The second kappa shape index (κ2) is 9.67. The van der Waals surface area contributed by atoms with Gasteiger partial charge < -0.3 is 16.8 Å². The maximum absolute atomic E-state index is 11.5. The van der Waals surface area contributed by atoms with E-state index < -0.39 is 18.0 Å². The third kappa shape index (κ3) is 7.86. The Bertz CT molecular complexity index is 299. The molecule has 7 nitrogen and oxygen atoms in total. The fourth-order valence-electron chi connectivity index (χ4n) is 1.13. The molecule has 0 saturated heterocycles. The van der Waals surface area contributed by atoms with Crippen molar-refractivity contribution >= 4 is 30.3 Å². The summed E-state index contributed by atoms with van der Waals surface area (Å²) in [5.41, 5.74) is 10.4. The van der Waals surface area contributed by atoms with Crippen LogP contribution in [0.4, 0.5) is 4.79 Å². The van der Waals surface area contributed by atoms with Gasteiger partial charge in [-0.1, -0.05) is 20.3 Å².